The van der Waals surface area contributed by atoms with Crippen LogP contribution in [-0.2, 0) is 11.2 Å². The first-order chi connectivity index (χ1) is 11.7. The molecular formula is C19H19N3O2. The molecule has 2 aromatic rings. The highest BCUT2D eigenvalue weighted by atomic mass is 16.5. The molecule has 2 atom stereocenters. The molecule has 0 spiro atoms. The summed E-state index contributed by atoms with van der Waals surface area (Å²) in [5.74, 6) is -0.0157. The molecule has 0 saturated carbocycles. The first-order valence-corrected chi connectivity index (χ1v) is 7.95. The van der Waals surface area contributed by atoms with Gasteiger partial charge in [-0.15, -0.1) is 0 Å². The number of pyridine rings is 1. The third-order valence-electron chi connectivity index (χ3n) is 4.50. The van der Waals surface area contributed by atoms with E-state index in [2.05, 4.69) is 11.1 Å². The monoisotopic (exact) mass is 321 g/mol. The van der Waals surface area contributed by atoms with E-state index in [0.717, 1.165) is 18.4 Å². The molecule has 3 rings (SSSR count). The van der Waals surface area contributed by atoms with Crippen LogP contribution < -0.4 is 0 Å². The minimum Gasteiger partial charge on any atom is -0.379 e. The molecule has 1 aromatic carbocycles. The van der Waals surface area contributed by atoms with E-state index in [0.29, 0.717) is 17.7 Å². The van der Waals surface area contributed by atoms with Crippen molar-refractivity contribution in [2.24, 2.45) is 0 Å². The van der Waals surface area contributed by atoms with Crippen molar-refractivity contribution in [2.45, 2.75) is 25.0 Å². The van der Waals surface area contributed by atoms with Gasteiger partial charge in [-0.3, -0.25) is 9.78 Å². The summed E-state index contributed by atoms with van der Waals surface area (Å²) in [6.07, 6.45) is 5.12. The molecule has 0 unspecified atom stereocenters. The Balaban J connectivity index is 1.81. The summed E-state index contributed by atoms with van der Waals surface area (Å²) < 4.78 is 5.60. The normalized spacial score (nSPS) is 19.9. The number of benzene rings is 1. The summed E-state index contributed by atoms with van der Waals surface area (Å²) in [4.78, 5) is 18.8. The predicted molar refractivity (Wildman–Crippen MR) is 89.3 cm³/mol. The number of nitriles is 1. The van der Waals surface area contributed by atoms with Crippen molar-refractivity contribution in [3.63, 3.8) is 0 Å². The minimum absolute atomic E-state index is 0.000503. The molecule has 2 heterocycles. The van der Waals surface area contributed by atoms with Crippen LogP contribution in [0.1, 0.15) is 27.9 Å². The Morgan fingerprint density at radius 2 is 2.00 bits per heavy atom. The zero-order valence-corrected chi connectivity index (χ0v) is 13.6. The van der Waals surface area contributed by atoms with Crippen LogP contribution in [0.2, 0.25) is 0 Å². The first kappa shape index (κ1) is 16.2. The zero-order chi connectivity index (χ0) is 16.9. The number of ether oxygens (including phenoxy) is 1. The van der Waals surface area contributed by atoms with Crippen molar-refractivity contribution in [1.82, 2.24) is 9.88 Å². The van der Waals surface area contributed by atoms with E-state index in [-0.39, 0.29) is 18.1 Å². The summed E-state index contributed by atoms with van der Waals surface area (Å²) >= 11 is 0. The maximum absolute atomic E-state index is 12.9. The van der Waals surface area contributed by atoms with E-state index in [4.69, 9.17) is 10.00 Å². The lowest BCUT2D eigenvalue weighted by molar-refractivity contribution is 0.0508. The molecule has 5 heteroatoms. The average Bonchev–Trinajstić information content (AvgIpc) is 3.04. The number of methoxy groups -OCH3 is 1. The molecule has 1 fully saturated rings. The molecule has 0 radical (unpaired) electrons. The summed E-state index contributed by atoms with van der Waals surface area (Å²) in [6, 6.07) is 12.8. The van der Waals surface area contributed by atoms with Gasteiger partial charge in [0.1, 0.15) is 0 Å². The van der Waals surface area contributed by atoms with Crippen molar-refractivity contribution in [3.8, 4) is 6.07 Å². The highest BCUT2D eigenvalue weighted by Crippen LogP contribution is 2.26. The highest BCUT2D eigenvalue weighted by molar-refractivity contribution is 5.94. The van der Waals surface area contributed by atoms with Gasteiger partial charge in [0.15, 0.2) is 0 Å². The number of aromatic nitrogens is 1. The molecule has 0 aliphatic carbocycles. The Morgan fingerprint density at radius 1 is 1.29 bits per heavy atom. The quantitative estimate of drug-likeness (QED) is 0.867. The van der Waals surface area contributed by atoms with Gasteiger partial charge in [-0.1, -0.05) is 0 Å². The van der Waals surface area contributed by atoms with Gasteiger partial charge in [0.2, 0.25) is 0 Å². The van der Waals surface area contributed by atoms with Gasteiger partial charge < -0.3 is 9.64 Å². The lowest BCUT2D eigenvalue weighted by atomic mass is 10.0. The van der Waals surface area contributed by atoms with Crippen LogP contribution in [-0.4, -0.2) is 41.6 Å². The van der Waals surface area contributed by atoms with Crippen LogP contribution in [0.5, 0.6) is 0 Å². The molecule has 122 valence electrons. The maximum Gasteiger partial charge on any atom is 0.254 e. The van der Waals surface area contributed by atoms with Crippen LogP contribution in [0.25, 0.3) is 0 Å². The Kier molecular flexibility index (Phi) is 4.88. The van der Waals surface area contributed by atoms with Gasteiger partial charge in [0.25, 0.3) is 5.91 Å². The fourth-order valence-electron chi connectivity index (χ4n) is 3.21. The number of carbonyl (C=O) groups excluding carboxylic acids is 1. The number of hydrogen-bond donors (Lipinski definition) is 0. The van der Waals surface area contributed by atoms with Crippen LogP contribution in [0.3, 0.4) is 0 Å². The molecule has 0 bridgehead atoms. The molecule has 1 saturated heterocycles. The molecule has 0 N–H and O–H groups in total. The molecule has 5 nitrogen and oxygen atoms in total. The van der Waals surface area contributed by atoms with E-state index >= 15 is 0 Å². The largest absolute Gasteiger partial charge is 0.379 e. The smallest absolute Gasteiger partial charge is 0.254 e. The Hall–Kier alpha value is -2.71. The molecular weight excluding hydrogens is 302 g/mol. The van der Waals surface area contributed by atoms with Crippen LogP contribution in [0.15, 0.2) is 48.8 Å². The number of nitrogens with zero attached hydrogens (tertiary/aromatic N) is 3. The van der Waals surface area contributed by atoms with Crippen molar-refractivity contribution >= 4 is 5.91 Å². The number of rotatable bonds is 4. The van der Waals surface area contributed by atoms with E-state index in [9.17, 15) is 4.79 Å². The molecule has 1 amide bonds. The molecule has 1 aromatic heterocycles. The second kappa shape index (κ2) is 7.24. The number of amides is 1. The number of hydrogen-bond acceptors (Lipinski definition) is 4. The molecule has 1 aliphatic heterocycles. The minimum atomic E-state index is -0.0157. The highest BCUT2D eigenvalue weighted by Gasteiger charge is 2.37. The van der Waals surface area contributed by atoms with Crippen LogP contribution in [0, 0.1) is 11.3 Å². The average molecular weight is 321 g/mol. The van der Waals surface area contributed by atoms with Gasteiger partial charge in [-0.2, -0.15) is 5.26 Å². The third kappa shape index (κ3) is 3.29. The van der Waals surface area contributed by atoms with E-state index < -0.39 is 0 Å². The summed E-state index contributed by atoms with van der Waals surface area (Å²) in [5, 5.41) is 8.88. The fraction of sp³-hybridized carbons (Fsp3) is 0.316. The van der Waals surface area contributed by atoms with E-state index in [1.807, 2.05) is 17.0 Å². The standard InChI is InChI=1S/C19H19N3O2/c1-24-18-8-11-22(17(18)12-14-6-9-21-10-7-14)19(23)16-4-2-15(13-20)3-5-16/h2-7,9-10,17-18H,8,11-12H2,1H3/t17-,18+/m0/s1. The van der Waals surface area contributed by atoms with Gasteiger partial charge in [-0.25, -0.2) is 0 Å². The maximum atomic E-state index is 12.9. The SMILES string of the molecule is CO[C@@H]1CCN(C(=O)c2ccc(C#N)cc2)[C@H]1Cc1ccncc1. The fourth-order valence-corrected chi connectivity index (χ4v) is 3.21. The topological polar surface area (TPSA) is 66.2 Å². The van der Waals surface area contributed by atoms with E-state index in [1.165, 1.54) is 0 Å². The van der Waals surface area contributed by atoms with Crippen molar-refractivity contribution in [3.05, 3.63) is 65.5 Å². The second-order valence-electron chi connectivity index (χ2n) is 5.88. The first-order valence-electron chi connectivity index (χ1n) is 7.95. The summed E-state index contributed by atoms with van der Waals surface area (Å²) in [7, 11) is 1.69. The van der Waals surface area contributed by atoms with Crippen molar-refractivity contribution < 1.29 is 9.53 Å². The van der Waals surface area contributed by atoms with Gasteiger partial charge in [0.05, 0.1) is 23.8 Å². The Labute approximate surface area is 141 Å². The summed E-state index contributed by atoms with van der Waals surface area (Å²) in [6.45, 7) is 0.674. The zero-order valence-electron chi connectivity index (χ0n) is 13.6. The molecule has 1 aliphatic rings. The van der Waals surface area contributed by atoms with Crippen LogP contribution in [0.4, 0.5) is 0 Å². The van der Waals surface area contributed by atoms with Crippen LogP contribution >= 0.6 is 0 Å². The Bertz CT molecular complexity index is 737. The van der Waals surface area contributed by atoms with Gasteiger partial charge in [-0.05, 0) is 54.8 Å². The van der Waals surface area contributed by atoms with E-state index in [1.54, 1.807) is 43.8 Å². The third-order valence-corrected chi connectivity index (χ3v) is 4.50. The van der Waals surface area contributed by atoms with Gasteiger partial charge >= 0.3 is 0 Å². The Morgan fingerprint density at radius 3 is 2.62 bits per heavy atom. The van der Waals surface area contributed by atoms with Crippen molar-refractivity contribution in [1.29, 1.82) is 5.26 Å². The van der Waals surface area contributed by atoms with Crippen molar-refractivity contribution in [2.75, 3.05) is 13.7 Å². The second-order valence-corrected chi connectivity index (χ2v) is 5.88. The lowest BCUT2D eigenvalue weighted by Crippen LogP contribution is -2.41. The predicted octanol–water partition coefficient (Wildman–Crippen LogP) is 2.43. The number of likely N-dealkylation sites (tertiary alicyclic amines) is 1. The lowest BCUT2D eigenvalue weighted by Gasteiger charge is -2.28. The number of carbonyl (C=O) groups is 1. The van der Waals surface area contributed by atoms with Gasteiger partial charge in [0, 0.05) is 31.6 Å². The molecule has 24 heavy (non-hydrogen) atoms. The summed E-state index contributed by atoms with van der Waals surface area (Å²) in [5.41, 5.74) is 2.29.